The van der Waals surface area contributed by atoms with Crippen LogP contribution in [0.2, 0.25) is 0 Å². The molecule has 4 unspecified atom stereocenters. The molecule has 4 atom stereocenters. The highest BCUT2D eigenvalue weighted by atomic mass is 16.4. The number of carbonyl (C=O) groups is 1. The minimum atomic E-state index is -0.787. The summed E-state index contributed by atoms with van der Waals surface area (Å²) >= 11 is 0. The number of benzene rings is 1. The van der Waals surface area contributed by atoms with Crippen LogP contribution < -0.4 is 5.32 Å². The van der Waals surface area contributed by atoms with E-state index in [1.807, 2.05) is 30.3 Å². The Hall–Kier alpha value is -1.35. The zero-order valence-electron chi connectivity index (χ0n) is 13.1. The molecule has 0 spiro atoms. The summed E-state index contributed by atoms with van der Waals surface area (Å²) in [6.45, 7) is 7.04. The normalized spacial score (nSPS) is 34.8. The van der Waals surface area contributed by atoms with Gasteiger partial charge < -0.3 is 5.11 Å². The van der Waals surface area contributed by atoms with Gasteiger partial charge in [-0.05, 0) is 41.6 Å². The van der Waals surface area contributed by atoms with Gasteiger partial charge >= 0.3 is 5.97 Å². The lowest BCUT2D eigenvalue weighted by atomic mass is 9.69. The van der Waals surface area contributed by atoms with Gasteiger partial charge in [0.15, 0.2) is 0 Å². The number of nitrogens with one attached hydrogen (secondary N) is 1. The quantitative estimate of drug-likeness (QED) is 0.889. The molecule has 2 aliphatic rings. The minimum Gasteiger partial charge on any atom is -0.480 e. The largest absolute Gasteiger partial charge is 0.480 e. The molecule has 21 heavy (non-hydrogen) atoms. The summed E-state index contributed by atoms with van der Waals surface area (Å²) in [7, 11) is 0. The maximum absolute atomic E-state index is 11.7. The molecular formula is C18H25NO2. The molecular weight excluding hydrogens is 262 g/mol. The Morgan fingerprint density at radius 3 is 2.43 bits per heavy atom. The van der Waals surface area contributed by atoms with Crippen LogP contribution in [0.4, 0.5) is 0 Å². The second kappa shape index (κ2) is 4.84. The van der Waals surface area contributed by atoms with Gasteiger partial charge in [0.05, 0.1) is 0 Å². The second-order valence-corrected chi connectivity index (χ2v) is 7.51. The van der Waals surface area contributed by atoms with E-state index in [0.717, 1.165) is 12.0 Å². The molecule has 3 nitrogen and oxygen atoms in total. The molecule has 0 radical (unpaired) electrons. The van der Waals surface area contributed by atoms with Crippen LogP contribution in [0.3, 0.4) is 0 Å². The third-order valence-electron chi connectivity index (χ3n) is 6.54. The molecule has 3 heteroatoms. The Morgan fingerprint density at radius 1 is 1.29 bits per heavy atom. The molecule has 1 aromatic carbocycles. The molecule has 2 aliphatic carbocycles. The van der Waals surface area contributed by atoms with Crippen molar-refractivity contribution in [2.45, 2.75) is 52.1 Å². The van der Waals surface area contributed by atoms with Gasteiger partial charge in [0.25, 0.3) is 0 Å². The van der Waals surface area contributed by atoms with Crippen molar-refractivity contribution in [3.8, 4) is 0 Å². The van der Waals surface area contributed by atoms with Crippen molar-refractivity contribution in [3.05, 3.63) is 35.9 Å². The molecule has 1 aromatic rings. The van der Waals surface area contributed by atoms with Crippen LogP contribution in [0.15, 0.2) is 30.3 Å². The number of carboxylic acids is 1. The smallest absolute Gasteiger partial charge is 0.325 e. The van der Waals surface area contributed by atoms with Crippen LogP contribution >= 0.6 is 0 Å². The molecule has 0 saturated heterocycles. The topological polar surface area (TPSA) is 49.3 Å². The Balaban J connectivity index is 1.84. The van der Waals surface area contributed by atoms with Gasteiger partial charge in [0, 0.05) is 6.04 Å². The third-order valence-corrected chi connectivity index (χ3v) is 6.54. The molecule has 0 heterocycles. The molecule has 0 amide bonds. The van der Waals surface area contributed by atoms with Gasteiger partial charge in [0.2, 0.25) is 0 Å². The van der Waals surface area contributed by atoms with E-state index >= 15 is 0 Å². The summed E-state index contributed by atoms with van der Waals surface area (Å²) < 4.78 is 0. The average molecular weight is 287 g/mol. The Kier molecular flexibility index (Phi) is 3.36. The maximum Gasteiger partial charge on any atom is 0.325 e. The summed E-state index contributed by atoms with van der Waals surface area (Å²) in [5.74, 6) is -0.0735. The predicted molar refractivity (Wildman–Crippen MR) is 83.0 cm³/mol. The molecule has 2 bridgehead atoms. The van der Waals surface area contributed by atoms with E-state index in [1.165, 1.54) is 12.8 Å². The van der Waals surface area contributed by atoms with Gasteiger partial charge in [-0.15, -0.1) is 0 Å². The molecule has 2 fully saturated rings. The lowest BCUT2D eigenvalue weighted by Crippen LogP contribution is -2.47. The summed E-state index contributed by atoms with van der Waals surface area (Å²) in [5, 5.41) is 13.1. The molecule has 0 aliphatic heterocycles. The first-order valence-electron chi connectivity index (χ1n) is 7.90. The van der Waals surface area contributed by atoms with Crippen molar-refractivity contribution in [3.63, 3.8) is 0 Å². The lowest BCUT2D eigenvalue weighted by Gasteiger charge is -2.40. The van der Waals surface area contributed by atoms with Crippen LogP contribution in [0.5, 0.6) is 0 Å². The summed E-state index contributed by atoms with van der Waals surface area (Å²) in [5.41, 5.74) is 1.33. The highest BCUT2D eigenvalue weighted by Gasteiger charge is 2.61. The van der Waals surface area contributed by atoms with Crippen molar-refractivity contribution in [2.75, 3.05) is 0 Å². The first-order valence-corrected chi connectivity index (χ1v) is 7.90. The predicted octanol–water partition coefficient (Wildman–Crippen LogP) is 3.62. The van der Waals surface area contributed by atoms with E-state index in [-0.39, 0.29) is 11.5 Å². The number of hydrogen-bond donors (Lipinski definition) is 2. The lowest BCUT2D eigenvalue weighted by molar-refractivity contribution is -0.140. The number of hydrogen-bond acceptors (Lipinski definition) is 2. The highest BCUT2D eigenvalue weighted by Crippen LogP contribution is 2.65. The zero-order valence-corrected chi connectivity index (χ0v) is 13.1. The Labute approximate surface area is 126 Å². The van der Waals surface area contributed by atoms with Gasteiger partial charge in [-0.3, -0.25) is 10.1 Å². The Morgan fingerprint density at radius 2 is 1.95 bits per heavy atom. The van der Waals surface area contributed by atoms with E-state index in [4.69, 9.17) is 0 Å². The fraction of sp³-hybridized carbons (Fsp3) is 0.611. The fourth-order valence-electron chi connectivity index (χ4n) is 4.61. The van der Waals surface area contributed by atoms with E-state index in [0.29, 0.717) is 11.3 Å². The molecule has 2 N–H and O–H groups in total. The first-order chi connectivity index (χ1) is 9.86. The molecule has 2 saturated carbocycles. The van der Waals surface area contributed by atoms with Crippen LogP contribution in [0, 0.1) is 16.7 Å². The van der Waals surface area contributed by atoms with Crippen molar-refractivity contribution >= 4 is 5.97 Å². The molecule has 3 rings (SSSR count). The van der Waals surface area contributed by atoms with Crippen LogP contribution in [0.1, 0.15) is 51.6 Å². The van der Waals surface area contributed by atoms with Gasteiger partial charge in [0.1, 0.15) is 6.04 Å². The summed E-state index contributed by atoms with van der Waals surface area (Å²) in [6, 6.07) is 9.19. The minimum absolute atomic E-state index is 0.195. The summed E-state index contributed by atoms with van der Waals surface area (Å²) in [6.07, 6.45) is 3.58. The maximum atomic E-state index is 11.7. The van der Waals surface area contributed by atoms with Crippen molar-refractivity contribution in [1.82, 2.24) is 5.32 Å². The number of rotatable bonds is 4. The van der Waals surface area contributed by atoms with Crippen LogP contribution in [-0.2, 0) is 4.79 Å². The zero-order chi connectivity index (χ0) is 15.3. The van der Waals surface area contributed by atoms with Crippen molar-refractivity contribution < 1.29 is 9.90 Å². The van der Waals surface area contributed by atoms with Crippen molar-refractivity contribution in [2.24, 2.45) is 16.7 Å². The monoisotopic (exact) mass is 287 g/mol. The average Bonchev–Trinajstić information content (AvgIpc) is 2.78. The number of fused-ring (bicyclic) bond motifs is 2. The van der Waals surface area contributed by atoms with E-state index in [2.05, 4.69) is 26.1 Å². The highest BCUT2D eigenvalue weighted by molar-refractivity contribution is 5.75. The van der Waals surface area contributed by atoms with Crippen molar-refractivity contribution in [1.29, 1.82) is 0 Å². The Bertz CT molecular complexity index is 539. The number of carboxylic acid groups (broad SMARTS) is 1. The first kappa shape index (κ1) is 14.6. The second-order valence-electron chi connectivity index (χ2n) is 7.51. The third kappa shape index (κ3) is 2.10. The SMILES string of the molecule is CC1(C)C2CCC1(C)C(NC(C(=O)O)c1ccccc1)C2. The summed E-state index contributed by atoms with van der Waals surface area (Å²) in [4.78, 5) is 11.7. The van der Waals surface area contributed by atoms with E-state index in [1.54, 1.807) is 0 Å². The standard InChI is InChI=1S/C18H25NO2/c1-17(2)13-9-10-18(17,3)14(11-13)19-15(16(20)21)12-7-5-4-6-8-12/h4-8,13-15,19H,9-11H2,1-3H3,(H,20,21). The van der Waals surface area contributed by atoms with Crippen LogP contribution in [0.25, 0.3) is 0 Å². The van der Waals surface area contributed by atoms with E-state index in [9.17, 15) is 9.90 Å². The van der Waals surface area contributed by atoms with Gasteiger partial charge in [-0.1, -0.05) is 51.1 Å². The molecule has 0 aromatic heterocycles. The molecule has 114 valence electrons. The van der Waals surface area contributed by atoms with Gasteiger partial charge in [-0.2, -0.15) is 0 Å². The van der Waals surface area contributed by atoms with Gasteiger partial charge in [-0.25, -0.2) is 0 Å². The van der Waals surface area contributed by atoms with Crippen LogP contribution in [-0.4, -0.2) is 17.1 Å². The number of aliphatic carboxylic acids is 1. The fourth-order valence-corrected chi connectivity index (χ4v) is 4.61. The van der Waals surface area contributed by atoms with E-state index < -0.39 is 12.0 Å².